The van der Waals surface area contributed by atoms with Crippen molar-refractivity contribution in [2.75, 3.05) is 12.0 Å². The molecule has 3 nitrogen and oxygen atoms in total. The van der Waals surface area contributed by atoms with Crippen molar-refractivity contribution in [3.8, 4) is 0 Å². The van der Waals surface area contributed by atoms with E-state index in [-0.39, 0.29) is 10.6 Å². The molecule has 0 spiro atoms. The zero-order valence-corrected chi connectivity index (χ0v) is 11.3. The van der Waals surface area contributed by atoms with E-state index in [9.17, 15) is 17.6 Å². The Morgan fingerprint density at radius 1 is 1.50 bits per heavy atom. The third kappa shape index (κ3) is 3.54. The molecule has 1 aromatic carbocycles. The Morgan fingerprint density at radius 2 is 2.06 bits per heavy atom. The van der Waals surface area contributed by atoms with Crippen LogP contribution in [0.1, 0.15) is 10.4 Å². The lowest BCUT2D eigenvalue weighted by Gasteiger charge is -2.03. The maximum atomic E-state index is 13.4. The topological polar surface area (TPSA) is 51.2 Å². The van der Waals surface area contributed by atoms with Gasteiger partial charge in [0.2, 0.25) is 0 Å². The van der Waals surface area contributed by atoms with Crippen LogP contribution in [0, 0.1) is 5.82 Å². The summed E-state index contributed by atoms with van der Waals surface area (Å²) in [6, 6.07) is 2.13. The second kappa shape index (κ2) is 4.81. The quantitative estimate of drug-likeness (QED) is 0.632. The maximum Gasteiger partial charge on any atom is 0.180 e. The van der Waals surface area contributed by atoms with Gasteiger partial charge in [0, 0.05) is 10.7 Å². The summed E-state index contributed by atoms with van der Waals surface area (Å²) in [6.45, 7) is 0. The fourth-order valence-electron chi connectivity index (χ4n) is 1.05. The molecule has 0 unspecified atom stereocenters. The van der Waals surface area contributed by atoms with Crippen LogP contribution in [0.2, 0.25) is 5.02 Å². The lowest BCUT2D eigenvalue weighted by atomic mass is 10.1. The molecule has 0 saturated carbocycles. The van der Waals surface area contributed by atoms with Gasteiger partial charge in [-0.3, -0.25) is 4.79 Å². The van der Waals surface area contributed by atoms with Crippen LogP contribution in [0.4, 0.5) is 4.39 Å². The smallest absolute Gasteiger partial charge is 0.180 e. The van der Waals surface area contributed by atoms with Gasteiger partial charge in [0.1, 0.15) is 11.6 Å². The van der Waals surface area contributed by atoms with Gasteiger partial charge < -0.3 is 0 Å². The normalized spacial score (nSPS) is 11.5. The van der Waals surface area contributed by atoms with E-state index < -0.39 is 27.2 Å². The molecule has 0 fully saturated rings. The van der Waals surface area contributed by atoms with Crippen molar-refractivity contribution < 1.29 is 17.6 Å². The number of hydrogen-bond acceptors (Lipinski definition) is 3. The van der Waals surface area contributed by atoms with E-state index in [4.69, 9.17) is 11.6 Å². The van der Waals surface area contributed by atoms with Crippen LogP contribution in [0.5, 0.6) is 0 Å². The first-order chi connectivity index (χ1) is 7.20. The second-order valence-corrected chi connectivity index (χ2v) is 6.64. The fraction of sp³-hybridized carbons (Fsp3) is 0.222. The molecule has 0 bridgehead atoms. The van der Waals surface area contributed by atoms with Gasteiger partial charge in [0.05, 0.1) is 10.6 Å². The molecule has 1 rings (SSSR count). The summed E-state index contributed by atoms with van der Waals surface area (Å²) in [5.74, 6) is -2.35. The zero-order valence-electron chi connectivity index (χ0n) is 8.13. The van der Waals surface area contributed by atoms with Crippen molar-refractivity contribution in [1.29, 1.82) is 0 Å². The van der Waals surface area contributed by atoms with Gasteiger partial charge in [-0.1, -0.05) is 11.6 Å². The molecule has 88 valence electrons. The molecule has 0 aromatic heterocycles. The highest BCUT2D eigenvalue weighted by Gasteiger charge is 2.18. The van der Waals surface area contributed by atoms with Crippen LogP contribution in [0.15, 0.2) is 16.6 Å². The fourth-order valence-corrected chi connectivity index (χ4v) is 2.16. The number of carbonyl (C=O) groups is 1. The van der Waals surface area contributed by atoms with E-state index in [1.54, 1.807) is 0 Å². The molecule has 0 heterocycles. The lowest BCUT2D eigenvalue weighted by molar-refractivity contribution is 0.101. The predicted octanol–water partition coefficient (Wildman–Crippen LogP) is 2.47. The number of carbonyl (C=O) groups excluding carboxylic acids is 1. The zero-order chi connectivity index (χ0) is 12.5. The first-order valence-electron chi connectivity index (χ1n) is 4.06. The molecule has 7 heteroatoms. The molecule has 0 N–H and O–H groups in total. The van der Waals surface area contributed by atoms with E-state index >= 15 is 0 Å². The third-order valence-corrected chi connectivity index (χ3v) is 3.69. The van der Waals surface area contributed by atoms with E-state index in [0.717, 1.165) is 18.4 Å². The minimum Gasteiger partial charge on any atom is -0.293 e. The summed E-state index contributed by atoms with van der Waals surface area (Å²) in [7, 11) is -3.48. The molecular weight excluding hydrogens is 323 g/mol. The summed E-state index contributed by atoms with van der Waals surface area (Å²) in [5, 5.41) is 0.151. The molecule has 0 aliphatic rings. The highest BCUT2D eigenvalue weighted by Crippen LogP contribution is 2.26. The molecule has 1 aromatic rings. The van der Waals surface area contributed by atoms with Crippen molar-refractivity contribution in [2.45, 2.75) is 0 Å². The summed E-state index contributed by atoms with van der Waals surface area (Å²) in [5.41, 5.74) is -0.321. The van der Waals surface area contributed by atoms with E-state index in [1.165, 1.54) is 0 Å². The molecule has 0 aliphatic carbocycles. The number of Topliss-reactive ketones (excluding diaryl/α,β-unsaturated/α-hetero) is 1. The molecule has 0 saturated heterocycles. The molecular formula is C9H7BrClFO3S. The van der Waals surface area contributed by atoms with Crippen molar-refractivity contribution in [2.24, 2.45) is 0 Å². The SMILES string of the molecule is CS(=O)(=O)CC(=O)c1cc(Cl)c(Br)cc1F. The number of rotatable bonds is 3. The van der Waals surface area contributed by atoms with E-state index in [0.29, 0.717) is 4.47 Å². The first kappa shape index (κ1) is 13.6. The number of ketones is 1. The van der Waals surface area contributed by atoms with Crippen LogP contribution in [-0.2, 0) is 9.84 Å². The highest BCUT2D eigenvalue weighted by atomic mass is 79.9. The van der Waals surface area contributed by atoms with Crippen molar-refractivity contribution in [3.05, 3.63) is 33.0 Å². The standard InChI is InChI=1S/C9H7BrClFO3S/c1-16(14,15)4-9(13)5-2-7(11)6(10)3-8(5)12/h2-3H,4H2,1H3. The minimum atomic E-state index is -3.48. The maximum absolute atomic E-state index is 13.4. The minimum absolute atomic E-state index is 0.151. The molecule has 0 aliphatic heterocycles. The van der Waals surface area contributed by atoms with Crippen molar-refractivity contribution >= 4 is 43.2 Å². The van der Waals surface area contributed by atoms with Gasteiger partial charge in [-0.2, -0.15) is 0 Å². The predicted molar refractivity (Wildman–Crippen MR) is 63.2 cm³/mol. The van der Waals surface area contributed by atoms with Crippen LogP contribution >= 0.6 is 27.5 Å². The number of halogens is 3. The number of hydrogen-bond donors (Lipinski definition) is 0. The first-order valence-corrected chi connectivity index (χ1v) is 7.29. The van der Waals surface area contributed by atoms with E-state index in [2.05, 4.69) is 15.9 Å². The number of benzene rings is 1. The van der Waals surface area contributed by atoms with Gasteiger partial charge in [-0.15, -0.1) is 0 Å². The van der Waals surface area contributed by atoms with Crippen LogP contribution in [0.25, 0.3) is 0 Å². The second-order valence-electron chi connectivity index (χ2n) is 3.24. The Labute approximate surface area is 106 Å². The monoisotopic (exact) mass is 328 g/mol. The van der Waals surface area contributed by atoms with Gasteiger partial charge in [-0.25, -0.2) is 12.8 Å². The average molecular weight is 330 g/mol. The summed E-state index contributed by atoms with van der Waals surface area (Å²) >= 11 is 8.68. The van der Waals surface area contributed by atoms with Gasteiger partial charge in [0.15, 0.2) is 15.6 Å². The lowest BCUT2D eigenvalue weighted by Crippen LogP contribution is -2.15. The van der Waals surface area contributed by atoms with Crippen LogP contribution in [-0.4, -0.2) is 26.2 Å². The Balaban J connectivity index is 3.15. The Hall–Kier alpha value is -0.460. The average Bonchev–Trinajstić information content (AvgIpc) is 2.08. The molecule has 0 atom stereocenters. The molecule has 0 amide bonds. The van der Waals surface area contributed by atoms with Gasteiger partial charge >= 0.3 is 0 Å². The summed E-state index contributed by atoms with van der Waals surface area (Å²) in [4.78, 5) is 11.5. The largest absolute Gasteiger partial charge is 0.293 e. The Kier molecular flexibility index (Phi) is 4.09. The van der Waals surface area contributed by atoms with Crippen molar-refractivity contribution in [1.82, 2.24) is 0 Å². The van der Waals surface area contributed by atoms with Crippen LogP contribution in [0.3, 0.4) is 0 Å². The molecule has 16 heavy (non-hydrogen) atoms. The number of sulfone groups is 1. The highest BCUT2D eigenvalue weighted by molar-refractivity contribution is 9.10. The van der Waals surface area contributed by atoms with Gasteiger partial charge in [-0.05, 0) is 28.1 Å². The van der Waals surface area contributed by atoms with Crippen molar-refractivity contribution in [3.63, 3.8) is 0 Å². The van der Waals surface area contributed by atoms with E-state index in [1.807, 2.05) is 0 Å². The Bertz CT molecular complexity index is 542. The molecule has 0 radical (unpaired) electrons. The summed E-state index contributed by atoms with van der Waals surface area (Å²) in [6.07, 6.45) is 0.906. The van der Waals surface area contributed by atoms with Gasteiger partial charge in [0.25, 0.3) is 0 Å². The Morgan fingerprint density at radius 3 is 2.56 bits per heavy atom. The van der Waals surface area contributed by atoms with Crippen LogP contribution < -0.4 is 0 Å². The summed E-state index contributed by atoms with van der Waals surface area (Å²) < 4.78 is 35.4. The third-order valence-electron chi connectivity index (χ3n) is 1.70.